The predicted octanol–water partition coefficient (Wildman–Crippen LogP) is 4.00. The Morgan fingerprint density at radius 1 is 0.892 bits per heavy atom. The van der Waals surface area contributed by atoms with E-state index >= 15 is 0 Å². The maximum atomic E-state index is 13.4. The smallest absolute Gasteiger partial charge is 0.338 e. The third kappa shape index (κ3) is 6.52. The van der Waals surface area contributed by atoms with Gasteiger partial charge in [-0.1, -0.05) is 48.0 Å². The van der Waals surface area contributed by atoms with Gasteiger partial charge in [0, 0.05) is 26.7 Å². The van der Waals surface area contributed by atoms with Gasteiger partial charge in [0.05, 0.1) is 35.4 Å². The van der Waals surface area contributed by atoms with E-state index in [1.807, 2.05) is 30.3 Å². The second-order valence-electron chi connectivity index (χ2n) is 7.97. The Balaban J connectivity index is 1.74. The lowest BCUT2D eigenvalue weighted by Crippen LogP contribution is -2.31. The summed E-state index contributed by atoms with van der Waals surface area (Å²) in [6.45, 7) is -0.128. The Labute approximate surface area is 221 Å². The number of methoxy groups -OCH3 is 2. The number of benzene rings is 3. The van der Waals surface area contributed by atoms with Crippen LogP contribution in [0.15, 0.2) is 71.6 Å². The molecule has 0 bridgehead atoms. The normalized spacial score (nSPS) is 10.9. The maximum absolute atomic E-state index is 13.4. The molecule has 1 amide bonds. The first-order chi connectivity index (χ1) is 17.6. The largest absolute Gasteiger partial charge is 0.495 e. The number of hydrogen-bond donors (Lipinski definition) is 0. The van der Waals surface area contributed by atoms with E-state index in [0.717, 1.165) is 9.87 Å². The summed E-state index contributed by atoms with van der Waals surface area (Å²) in [7, 11) is 1.63. The molecule has 0 saturated heterocycles. The lowest BCUT2D eigenvalue weighted by molar-refractivity contribution is -0.133. The summed E-state index contributed by atoms with van der Waals surface area (Å²) in [5.41, 5.74) is 1.09. The summed E-state index contributed by atoms with van der Waals surface area (Å²) in [5.74, 6) is -0.682. The molecule has 0 aliphatic rings. The molecule has 3 aromatic carbocycles. The molecule has 0 N–H and O–H groups in total. The molecule has 0 saturated carbocycles. The number of likely N-dealkylation sites (N-methyl/N-ethyl adjacent to an activating group) is 1. The molecular formula is C26H27ClN2O7S. The van der Waals surface area contributed by atoms with Crippen molar-refractivity contribution in [1.29, 1.82) is 0 Å². The summed E-state index contributed by atoms with van der Waals surface area (Å²) in [4.78, 5) is 26.3. The highest BCUT2D eigenvalue weighted by atomic mass is 35.5. The molecule has 11 heteroatoms. The van der Waals surface area contributed by atoms with Crippen molar-refractivity contribution in [2.45, 2.75) is 11.4 Å². The molecule has 0 aromatic heterocycles. The van der Waals surface area contributed by atoms with Crippen LogP contribution >= 0.6 is 11.6 Å². The van der Waals surface area contributed by atoms with Gasteiger partial charge in [0.25, 0.3) is 15.9 Å². The molecule has 196 valence electrons. The van der Waals surface area contributed by atoms with Crippen molar-refractivity contribution in [2.24, 2.45) is 0 Å². The number of anilines is 1. The number of amides is 1. The van der Waals surface area contributed by atoms with Crippen LogP contribution in [-0.2, 0) is 26.1 Å². The predicted molar refractivity (Wildman–Crippen MR) is 140 cm³/mol. The van der Waals surface area contributed by atoms with Crippen molar-refractivity contribution >= 4 is 39.2 Å². The van der Waals surface area contributed by atoms with Gasteiger partial charge in [0.2, 0.25) is 0 Å². The van der Waals surface area contributed by atoms with Crippen LogP contribution in [0.1, 0.15) is 15.9 Å². The quantitative estimate of drug-likeness (QED) is 0.354. The SMILES string of the molecule is COc1cc(OC)c(N(C)S(=O)(=O)c2cccc(C(=O)OCC(=O)N(C)Cc3ccccc3)c2)cc1Cl. The van der Waals surface area contributed by atoms with Crippen LogP contribution in [0.4, 0.5) is 5.69 Å². The van der Waals surface area contributed by atoms with Crippen molar-refractivity contribution in [1.82, 2.24) is 4.90 Å². The fraction of sp³-hybridized carbons (Fsp3) is 0.231. The summed E-state index contributed by atoms with van der Waals surface area (Å²) in [6, 6.07) is 17.6. The molecule has 3 rings (SSSR count). The van der Waals surface area contributed by atoms with E-state index in [2.05, 4.69) is 0 Å². The van der Waals surface area contributed by atoms with Crippen molar-refractivity contribution in [2.75, 3.05) is 39.2 Å². The minimum absolute atomic E-state index is 0.0206. The Morgan fingerprint density at radius 2 is 1.57 bits per heavy atom. The lowest BCUT2D eigenvalue weighted by Gasteiger charge is -2.23. The number of carbonyl (C=O) groups excluding carboxylic acids is 2. The fourth-order valence-electron chi connectivity index (χ4n) is 3.43. The highest BCUT2D eigenvalue weighted by molar-refractivity contribution is 7.92. The van der Waals surface area contributed by atoms with E-state index in [9.17, 15) is 18.0 Å². The number of halogens is 1. The fourth-order valence-corrected chi connectivity index (χ4v) is 4.91. The van der Waals surface area contributed by atoms with Crippen LogP contribution in [0.3, 0.4) is 0 Å². The monoisotopic (exact) mass is 546 g/mol. The molecule has 0 radical (unpaired) electrons. The standard InChI is InChI=1S/C26H27ClN2O7S/c1-28(16-18-9-6-5-7-10-18)25(30)17-36-26(31)19-11-8-12-20(13-19)37(32,33)29(2)22-14-21(27)23(34-3)15-24(22)35-4/h5-15H,16-17H2,1-4H3. The second kappa shape index (κ2) is 12.0. The van der Waals surface area contributed by atoms with Crippen LogP contribution in [0.5, 0.6) is 11.5 Å². The van der Waals surface area contributed by atoms with Gasteiger partial charge < -0.3 is 19.1 Å². The zero-order valence-electron chi connectivity index (χ0n) is 20.8. The molecule has 0 spiro atoms. The molecule has 0 heterocycles. The van der Waals surface area contributed by atoms with Gasteiger partial charge in [-0.15, -0.1) is 0 Å². The van der Waals surface area contributed by atoms with E-state index in [1.165, 1.54) is 62.6 Å². The lowest BCUT2D eigenvalue weighted by atomic mass is 10.2. The van der Waals surface area contributed by atoms with Gasteiger partial charge in [-0.05, 0) is 29.8 Å². The summed E-state index contributed by atoms with van der Waals surface area (Å²) < 4.78 is 43.3. The first-order valence-corrected chi connectivity index (χ1v) is 12.9. The topological polar surface area (TPSA) is 102 Å². The van der Waals surface area contributed by atoms with Crippen molar-refractivity contribution in [3.05, 3.63) is 82.9 Å². The number of carbonyl (C=O) groups is 2. The maximum Gasteiger partial charge on any atom is 0.338 e. The van der Waals surface area contributed by atoms with Gasteiger partial charge in [-0.25, -0.2) is 13.2 Å². The molecule has 0 unspecified atom stereocenters. The molecule has 37 heavy (non-hydrogen) atoms. The van der Waals surface area contributed by atoms with E-state index in [4.69, 9.17) is 25.8 Å². The summed E-state index contributed by atoms with van der Waals surface area (Å²) in [5, 5.41) is 0.194. The Morgan fingerprint density at radius 3 is 2.22 bits per heavy atom. The van der Waals surface area contributed by atoms with Crippen molar-refractivity contribution in [3.63, 3.8) is 0 Å². The average molecular weight is 547 g/mol. The van der Waals surface area contributed by atoms with E-state index in [-0.39, 0.29) is 26.9 Å². The van der Waals surface area contributed by atoms with Gasteiger partial charge in [0.15, 0.2) is 6.61 Å². The Kier molecular flexibility index (Phi) is 9.01. The van der Waals surface area contributed by atoms with Gasteiger partial charge in [-0.3, -0.25) is 9.10 Å². The van der Waals surface area contributed by atoms with Crippen molar-refractivity contribution in [3.8, 4) is 11.5 Å². The van der Waals surface area contributed by atoms with Gasteiger partial charge >= 0.3 is 5.97 Å². The highest BCUT2D eigenvalue weighted by Gasteiger charge is 2.26. The Bertz CT molecular complexity index is 1380. The van der Waals surface area contributed by atoms with Crippen molar-refractivity contribution < 1.29 is 32.2 Å². The molecule has 0 atom stereocenters. The van der Waals surface area contributed by atoms with Crippen LogP contribution in [0.2, 0.25) is 5.02 Å². The summed E-state index contributed by atoms with van der Waals surface area (Å²) >= 11 is 6.20. The molecule has 9 nitrogen and oxygen atoms in total. The number of rotatable bonds is 10. The molecule has 3 aromatic rings. The zero-order chi connectivity index (χ0) is 27.2. The number of ether oxygens (including phenoxy) is 3. The molecule has 0 aliphatic heterocycles. The second-order valence-corrected chi connectivity index (χ2v) is 10.3. The minimum atomic E-state index is -4.13. The third-order valence-corrected chi connectivity index (χ3v) is 7.60. The average Bonchev–Trinajstić information content (AvgIpc) is 2.91. The van der Waals surface area contributed by atoms with Gasteiger partial charge in [0.1, 0.15) is 11.5 Å². The number of esters is 1. The van der Waals surface area contributed by atoms with Crippen LogP contribution in [0, 0.1) is 0 Å². The zero-order valence-corrected chi connectivity index (χ0v) is 22.4. The first kappa shape index (κ1) is 27.8. The number of nitrogens with zero attached hydrogens (tertiary/aromatic N) is 2. The van der Waals surface area contributed by atoms with E-state index in [1.54, 1.807) is 7.05 Å². The third-order valence-electron chi connectivity index (χ3n) is 5.54. The first-order valence-electron chi connectivity index (χ1n) is 11.0. The number of sulfonamides is 1. The minimum Gasteiger partial charge on any atom is -0.495 e. The highest BCUT2D eigenvalue weighted by Crippen LogP contribution is 2.39. The van der Waals surface area contributed by atoms with Crippen LogP contribution in [0.25, 0.3) is 0 Å². The Hall–Kier alpha value is -3.76. The molecule has 0 fully saturated rings. The van der Waals surface area contributed by atoms with Crippen LogP contribution < -0.4 is 13.8 Å². The number of hydrogen-bond acceptors (Lipinski definition) is 7. The summed E-state index contributed by atoms with van der Waals surface area (Å²) in [6.07, 6.45) is 0. The van der Waals surface area contributed by atoms with Gasteiger partial charge in [-0.2, -0.15) is 0 Å². The van der Waals surface area contributed by atoms with E-state index in [0.29, 0.717) is 12.3 Å². The molecular weight excluding hydrogens is 520 g/mol. The van der Waals surface area contributed by atoms with E-state index < -0.39 is 28.5 Å². The van der Waals surface area contributed by atoms with Crippen LogP contribution in [-0.4, -0.2) is 60.1 Å². The molecule has 0 aliphatic carbocycles.